The summed E-state index contributed by atoms with van der Waals surface area (Å²) in [4.78, 5) is 0. The Morgan fingerprint density at radius 2 is 1.94 bits per heavy atom. The van der Waals surface area contributed by atoms with Crippen LogP contribution in [0.15, 0.2) is 0 Å². The first-order chi connectivity index (χ1) is 8.69. The quantitative estimate of drug-likeness (QED) is 0.834. The van der Waals surface area contributed by atoms with Crippen molar-refractivity contribution >= 4 is 0 Å². The minimum atomic E-state index is 0.538. The molecule has 1 N–H and O–H groups in total. The molecule has 0 spiro atoms. The van der Waals surface area contributed by atoms with Crippen molar-refractivity contribution in [1.29, 1.82) is 0 Å². The SMILES string of the molecule is CCc1c(C)nn(C2CCCCCC2NC)c1C. The lowest BCUT2D eigenvalue weighted by atomic mass is 10.0. The Kier molecular flexibility index (Phi) is 4.44. The molecule has 0 aromatic carbocycles. The zero-order chi connectivity index (χ0) is 13.1. The molecule has 1 aliphatic carbocycles. The Labute approximate surface area is 111 Å². The van der Waals surface area contributed by atoms with Crippen LogP contribution in [-0.2, 0) is 6.42 Å². The van der Waals surface area contributed by atoms with Crippen molar-refractivity contribution in [3.63, 3.8) is 0 Å². The molecule has 0 amide bonds. The first-order valence-electron chi connectivity index (χ1n) is 7.40. The summed E-state index contributed by atoms with van der Waals surface area (Å²) in [5, 5.41) is 8.33. The first kappa shape index (κ1) is 13.6. The van der Waals surface area contributed by atoms with E-state index in [9.17, 15) is 0 Å². The van der Waals surface area contributed by atoms with Crippen LogP contribution in [0.2, 0.25) is 0 Å². The van der Waals surface area contributed by atoms with E-state index in [-0.39, 0.29) is 0 Å². The van der Waals surface area contributed by atoms with Crippen molar-refractivity contribution in [3.8, 4) is 0 Å². The van der Waals surface area contributed by atoms with Gasteiger partial charge in [0.2, 0.25) is 0 Å². The molecule has 0 saturated heterocycles. The number of likely N-dealkylation sites (N-methyl/N-ethyl adjacent to an activating group) is 1. The molecule has 1 heterocycles. The predicted molar refractivity (Wildman–Crippen MR) is 76.0 cm³/mol. The van der Waals surface area contributed by atoms with Crippen LogP contribution in [-0.4, -0.2) is 22.9 Å². The van der Waals surface area contributed by atoms with Gasteiger partial charge in [0, 0.05) is 11.7 Å². The van der Waals surface area contributed by atoms with Gasteiger partial charge in [-0.1, -0.05) is 26.2 Å². The maximum absolute atomic E-state index is 4.82. The maximum Gasteiger partial charge on any atom is 0.0675 e. The molecule has 2 unspecified atom stereocenters. The summed E-state index contributed by atoms with van der Waals surface area (Å²) in [5.74, 6) is 0. The monoisotopic (exact) mass is 249 g/mol. The summed E-state index contributed by atoms with van der Waals surface area (Å²) in [6.07, 6.45) is 7.69. The van der Waals surface area contributed by atoms with E-state index in [1.807, 2.05) is 0 Å². The first-order valence-corrected chi connectivity index (χ1v) is 7.40. The van der Waals surface area contributed by atoms with Crippen molar-refractivity contribution in [3.05, 3.63) is 17.0 Å². The Bertz CT molecular complexity index is 395. The number of aryl methyl sites for hydroxylation is 1. The minimum absolute atomic E-state index is 0.538. The van der Waals surface area contributed by atoms with Crippen molar-refractivity contribution in [2.45, 2.75) is 71.4 Å². The fraction of sp³-hybridized carbons (Fsp3) is 0.800. The number of nitrogens with one attached hydrogen (secondary N) is 1. The molecule has 1 saturated carbocycles. The van der Waals surface area contributed by atoms with E-state index < -0.39 is 0 Å². The third-order valence-electron chi connectivity index (χ3n) is 4.49. The topological polar surface area (TPSA) is 29.9 Å². The molecule has 0 aliphatic heterocycles. The molecule has 18 heavy (non-hydrogen) atoms. The fourth-order valence-electron chi connectivity index (χ4n) is 3.45. The van der Waals surface area contributed by atoms with E-state index in [1.54, 1.807) is 0 Å². The highest BCUT2D eigenvalue weighted by atomic mass is 15.3. The second-order valence-corrected chi connectivity index (χ2v) is 5.55. The lowest BCUT2D eigenvalue weighted by Gasteiger charge is -2.26. The van der Waals surface area contributed by atoms with Crippen molar-refractivity contribution in [1.82, 2.24) is 15.1 Å². The van der Waals surface area contributed by atoms with Gasteiger partial charge in [0.25, 0.3) is 0 Å². The molecule has 1 fully saturated rings. The van der Waals surface area contributed by atoms with Gasteiger partial charge in [0.15, 0.2) is 0 Å². The number of hydrogen-bond acceptors (Lipinski definition) is 2. The van der Waals surface area contributed by atoms with E-state index in [0.717, 1.165) is 6.42 Å². The van der Waals surface area contributed by atoms with Gasteiger partial charge in [-0.15, -0.1) is 0 Å². The molecule has 2 atom stereocenters. The molecule has 3 nitrogen and oxygen atoms in total. The number of aromatic nitrogens is 2. The van der Waals surface area contributed by atoms with Crippen LogP contribution in [0.25, 0.3) is 0 Å². The average Bonchev–Trinajstić information content (AvgIpc) is 2.57. The highest BCUT2D eigenvalue weighted by Gasteiger charge is 2.26. The summed E-state index contributed by atoms with van der Waals surface area (Å²) < 4.78 is 2.31. The van der Waals surface area contributed by atoms with Gasteiger partial charge in [0.05, 0.1) is 11.7 Å². The normalized spacial score (nSPS) is 25.1. The maximum atomic E-state index is 4.82. The van der Waals surface area contributed by atoms with E-state index in [1.165, 1.54) is 49.1 Å². The van der Waals surface area contributed by atoms with Crippen LogP contribution in [0.4, 0.5) is 0 Å². The van der Waals surface area contributed by atoms with E-state index in [4.69, 9.17) is 5.10 Å². The second-order valence-electron chi connectivity index (χ2n) is 5.55. The van der Waals surface area contributed by atoms with Crippen LogP contribution in [0.3, 0.4) is 0 Å². The third kappa shape index (κ3) is 2.46. The van der Waals surface area contributed by atoms with Crippen molar-refractivity contribution in [2.75, 3.05) is 7.05 Å². The Hall–Kier alpha value is -0.830. The smallest absolute Gasteiger partial charge is 0.0675 e. The molecular formula is C15H27N3. The van der Waals surface area contributed by atoms with Gasteiger partial charge < -0.3 is 5.32 Å². The molecule has 1 aromatic rings. The molecule has 3 heteroatoms. The highest BCUT2D eigenvalue weighted by molar-refractivity contribution is 5.25. The molecule has 1 aromatic heterocycles. The summed E-state index contributed by atoms with van der Waals surface area (Å²) in [7, 11) is 2.09. The molecule has 1 aliphatic rings. The molecular weight excluding hydrogens is 222 g/mol. The fourth-order valence-corrected chi connectivity index (χ4v) is 3.45. The van der Waals surface area contributed by atoms with Crippen LogP contribution in [0.5, 0.6) is 0 Å². The minimum Gasteiger partial charge on any atom is -0.315 e. The van der Waals surface area contributed by atoms with Gasteiger partial charge in [0.1, 0.15) is 0 Å². The lowest BCUT2D eigenvalue weighted by molar-refractivity contribution is 0.317. The lowest BCUT2D eigenvalue weighted by Crippen LogP contribution is -2.35. The highest BCUT2D eigenvalue weighted by Crippen LogP contribution is 2.29. The predicted octanol–water partition coefficient (Wildman–Crippen LogP) is 3.16. The van der Waals surface area contributed by atoms with Gasteiger partial charge in [-0.25, -0.2) is 0 Å². The largest absolute Gasteiger partial charge is 0.315 e. The Balaban J connectivity index is 2.33. The Morgan fingerprint density at radius 3 is 2.56 bits per heavy atom. The number of nitrogens with zero attached hydrogens (tertiary/aromatic N) is 2. The molecule has 102 valence electrons. The Morgan fingerprint density at radius 1 is 1.22 bits per heavy atom. The molecule has 2 rings (SSSR count). The van der Waals surface area contributed by atoms with E-state index in [2.05, 4.69) is 37.8 Å². The number of rotatable bonds is 3. The zero-order valence-electron chi connectivity index (χ0n) is 12.3. The number of hydrogen-bond donors (Lipinski definition) is 1. The van der Waals surface area contributed by atoms with Crippen LogP contribution >= 0.6 is 0 Å². The van der Waals surface area contributed by atoms with Crippen molar-refractivity contribution < 1.29 is 0 Å². The zero-order valence-corrected chi connectivity index (χ0v) is 12.3. The standard InChI is InChI=1S/C15H27N3/c1-5-13-11(2)17-18(12(13)3)15-10-8-6-7-9-14(15)16-4/h14-16H,5-10H2,1-4H3. The van der Waals surface area contributed by atoms with Crippen LogP contribution in [0, 0.1) is 13.8 Å². The molecule has 0 bridgehead atoms. The van der Waals surface area contributed by atoms with Gasteiger partial charge in [-0.2, -0.15) is 5.10 Å². The van der Waals surface area contributed by atoms with Gasteiger partial charge in [-0.3, -0.25) is 4.68 Å². The summed E-state index contributed by atoms with van der Waals surface area (Å²) >= 11 is 0. The molecule has 0 radical (unpaired) electrons. The third-order valence-corrected chi connectivity index (χ3v) is 4.49. The van der Waals surface area contributed by atoms with Crippen molar-refractivity contribution in [2.24, 2.45) is 0 Å². The second kappa shape index (κ2) is 5.87. The summed E-state index contributed by atoms with van der Waals surface area (Å²) in [6.45, 7) is 6.61. The van der Waals surface area contributed by atoms with E-state index in [0.29, 0.717) is 12.1 Å². The average molecular weight is 249 g/mol. The van der Waals surface area contributed by atoms with Gasteiger partial charge >= 0.3 is 0 Å². The summed E-state index contributed by atoms with van der Waals surface area (Å²) in [5.41, 5.74) is 4.03. The van der Waals surface area contributed by atoms with E-state index >= 15 is 0 Å². The van der Waals surface area contributed by atoms with Crippen LogP contribution < -0.4 is 5.32 Å². The van der Waals surface area contributed by atoms with Gasteiger partial charge in [-0.05, 0) is 45.7 Å². The summed E-state index contributed by atoms with van der Waals surface area (Å²) in [6, 6.07) is 1.12. The van der Waals surface area contributed by atoms with Crippen LogP contribution in [0.1, 0.15) is 62.0 Å².